The monoisotopic (exact) mass is 345 g/mol. The predicted molar refractivity (Wildman–Crippen MR) is 76.1 cm³/mol. The smallest absolute Gasteiger partial charge is 0.141 e. The zero-order chi connectivity index (χ0) is 14.0. The Hall–Kier alpha value is -0.970. The van der Waals surface area contributed by atoms with Crippen molar-refractivity contribution < 1.29 is 8.78 Å². The minimum absolute atomic E-state index is 0.0493. The molecule has 0 spiro atoms. The molecule has 0 amide bonds. The van der Waals surface area contributed by atoms with Gasteiger partial charge in [0, 0.05) is 6.04 Å². The molecule has 100 valence electrons. The summed E-state index contributed by atoms with van der Waals surface area (Å²) in [4.78, 5) is 0. The van der Waals surface area contributed by atoms with Crippen LogP contribution in [0.4, 0.5) is 8.78 Å². The third-order valence-corrected chi connectivity index (χ3v) is 3.71. The average Bonchev–Trinajstić information content (AvgIpc) is 2.37. The molecule has 0 bridgehead atoms. The number of halogens is 4. The van der Waals surface area contributed by atoms with E-state index in [1.807, 2.05) is 0 Å². The molecule has 0 fully saturated rings. The van der Waals surface area contributed by atoms with Crippen molar-refractivity contribution in [1.29, 1.82) is 0 Å². The van der Waals surface area contributed by atoms with Crippen molar-refractivity contribution in [2.24, 2.45) is 5.73 Å². The molecule has 1 nitrogen and oxygen atoms in total. The summed E-state index contributed by atoms with van der Waals surface area (Å²) in [5.74, 6) is -0.788. The van der Waals surface area contributed by atoms with E-state index in [9.17, 15) is 8.78 Å². The first-order valence-corrected chi connectivity index (χ1v) is 6.79. The van der Waals surface area contributed by atoms with E-state index in [0.29, 0.717) is 10.9 Å². The number of benzene rings is 2. The summed E-state index contributed by atoms with van der Waals surface area (Å²) in [5.41, 5.74) is 7.68. The summed E-state index contributed by atoms with van der Waals surface area (Å²) in [6, 6.07) is 8.81. The Balaban J connectivity index is 2.17. The van der Waals surface area contributed by atoms with Crippen molar-refractivity contribution in [3.05, 3.63) is 68.7 Å². The van der Waals surface area contributed by atoms with Gasteiger partial charge in [-0.15, -0.1) is 0 Å². The topological polar surface area (TPSA) is 26.0 Å². The summed E-state index contributed by atoms with van der Waals surface area (Å²) < 4.78 is 26.6. The van der Waals surface area contributed by atoms with Gasteiger partial charge in [0.05, 0.1) is 9.50 Å². The van der Waals surface area contributed by atoms with E-state index in [-0.39, 0.29) is 16.9 Å². The van der Waals surface area contributed by atoms with Crippen LogP contribution in [-0.4, -0.2) is 0 Å². The zero-order valence-electron chi connectivity index (χ0n) is 9.84. The quantitative estimate of drug-likeness (QED) is 0.862. The molecule has 2 N–H and O–H groups in total. The number of rotatable bonds is 3. The normalized spacial score (nSPS) is 12.5. The Labute approximate surface area is 123 Å². The Bertz CT molecular complexity index is 604. The molecule has 0 aliphatic carbocycles. The van der Waals surface area contributed by atoms with Gasteiger partial charge in [-0.2, -0.15) is 0 Å². The molecule has 0 radical (unpaired) electrons. The van der Waals surface area contributed by atoms with Crippen LogP contribution in [0.3, 0.4) is 0 Å². The number of hydrogen-bond donors (Lipinski definition) is 1. The third-order valence-electron chi connectivity index (χ3n) is 2.81. The van der Waals surface area contributed by atoms with Crippen LogP contribution < -0.4 is 5.73 Å². The maximum Gasteiger partial charge on any atom is 0.141 e. The van der Waals surface area contributed by atoms with Gasteiger partial charge in [-0.25, -0.2) is 8.78 Å². The largest absolute Gasteiger partial charge is 0.324 e. The molecule has 19 heavy (non-hydrogen) atoms. The van der Waals surface area contributed by atoms with Gasteiger partial charge in [0.2, 0.25) is 0 Å². The van der Waals surface area contributed by atoms with Crippen LogP contribution in [0, 0.1) is 11.6 Å². The fourth-order valence-corrected chi connectivity index (χ4v) is 2.40. The van der Waals surface area contributed by atoms with E-state index in [2.05, 4.69) is 15.9 Å². The first-order chi connectivity index (χ1) is 8.97. The number of nitrogens with two attached hydrogens (primary N) is 1. The van der Waals surface area contributed by atoms with E-state index >= 15 is 0 Å². The van der Waals surface area contributed by atoms with Crippen molar-refractivity contribution >= 4 is 27.5 Å². The molecule has 1 atom stereocenters. The van der Waals surface area contributed by atoms with Crippen molar-refractivity contribution in [3.63, 3.8) is 0 Å². The van der Waals surface area contributed by atoms with Gasteiger partial charge in [-0.05, 0) is 57.7 Å². The van der Waals surface area contributed by atoms with E-state index in [1.165, 1.54) is 18.2 Å². The lowest BCUT2D eigenvalue weighted by Gasteiger charge is -2.13. The highest BCUT2D eigenvalue weighted by Gasteiger charge is 2.10. The van der Waals surface area contributed by atoms with Crippen LogP contribution in [0.5, 0.6) is 0 Å². The summed E-state index contributed by atoms with van der Waals surface area (Å²) >= 11 is 8.85. The maximum atomic E-state index is 13.1. The minimum atomic E-state index is -0.470. The second-order valence-corrected chi connectivity index (χ2v) is 5.49. The van der Waals surface area contributed by atoms with Gasteiger partial charge in [0.15, 0.2) is 0 Å². The van der Waals surface area contributed by atoms with Crippen LogP contribution in [0.25, 0.3) is 0 Å². The van der Waals surface area contributed by atoms with Gasteiger partial charge in [-0.3, -0.25) is 0 Å². The second-order valence-electron chi connectivity index (χ2n) is 4.23. The molecule has 1 unspecified atom stereocenters. The molecule has 2 rings (SSSR count). The highest BCUT2D eigenvalue weighted by Crippen LogP contribution is 2.24. The second kappa shape index (κ2) is 5.99. The van der Waals surface area contributed by atoms with Crippen molar-refractivity contribution in [1.82, 2.24) is 0 Å². The van der Waals surface area contributed by atoms with Crippen molar-refractivity contribution in [2.45, 2.75) is 12.5 Å². The maximum absolute atomic E-state index is 13.1. The van der Waals surface area contributed by atoms with E-state index in [4.69, 9.17) is 17.3 Å². The molecular weight excluding hydrogens is 336 g/mol. The van der Waals surface area contributed by atoms with Crippen molar-refractivity contribution in [3.8, 4) is 0 Å². The van der Waals surface area contributed by atoms with Crippen LogP contribution in [0.1, 0.15) is 17.2 Å². The Morgan fingerprint density at radius 2 is 1.79 bits per heavy atom. The molecule has 2 aromatic carbocycles. The SMILES string of the molecule is NC(Cc1ccc(F)c(Br)c1)c1ccc(F)c(Cl)c1. The summed E-state index contributed by atoms with van der Waals surface area (Å²) in [6.07, 6.45) is 0.515. The van der Waals surface area contributed by atoms with E-state index < -0.39 is 5.82 Å². The molecular formula is C14H11BrClF2N. The molecule has 0 saturated heterocycles. The minimum Gasteiger partial charge on any atom is -0.324 e. The number of hydrogen-bond acceptors (Lipinski definition) is 1. The molecule has 5 heteroatoms. The fraction of sp³-hybridized carbons (Fsp3) is 0.143. The van der Waals surface area contributed by atoms with E-state index in [0.717, 1.165) is 11.1 Å². The van der Waals surface area contributed by atoms with Gasteiger partial charge >= 0.3 is 0 Å². The van der Waals surface area contributed by atoms with Crippen LogP contribution in [0.2, 0.25) is 5.02 Å². The van der Waals surface area contributed by atoms with Gasteiger partial charge in [0.25, 0.3) is 0 Å². The highest BCUT2D eigenvalue weighted by molar-refractivity contribution is 9.10. The highest BCUT2D eigenvalue weighted by atomic mass is 79.9. The zero-order valence-corrected chi connectivity index (χ0v) is 12.2. The van der Waals surface area contributed by atoms with Gasteiger partial charge in [0.1, 0.15) is 11.6 Å². The summed E-state index contributed by atoms with van der Waals surface area (Å²) in [5, 5.41) is 0.0493. The molecule has 0 aromatic heterocycles. The molecule has 0 saturated carbocycles. The van der Waals surface area contributed by atoms with Gasteiger partial charge < -0.3 is 5.73 Å². The molecule has 0 aliphatic rings. The predicted octanol–water partition coefficient (Wildman–Crippen LogP) is 4.62. The average molecular weight is 347 g/mol. The Morgan fingerprint density at radius 1 is 1.11 bits per heavy atom. The molecule has 0 heterocycles. The first kappa shape index (κ1) is 14.4. The Morgan fingerprint density at radius 3 is 2.42 bits per heavy atom. The van der Waals surface area contributed by atoms with Crippen LogP contribution >= 0.6 is 27.5 Å². The van der Waals surface area contributed by atoms with Crippen molar-refractivity contribution in [2.75, 3.05) is 0 Å². The lowest BCUT2D eigenvalue weighted by atomic mass is 10.00. The van der Waals surface area contributed by atoms with Crippen LogP contribution in [0.15, 0.2) is 40.9 Å². The molecule has 2 aromatic rings. The van der Waals surface area contributed by atoms with Gasteiger partial charge in [-0.1, -0.05) is 23.7 Å². The Kier molecular flexibility index (Phi) is 4.55. The lowest BCUT2D eigenvalue weighted by molar-refractivity contribution is 0.617. The summed E-state index contributed by atoms with van der Waals surface area (Å²) in [7, 11) is 0. The van der Waals surface area contributed by atoms with E-state index in [1.54, 1.807) is 18.2 Å². The lowest BCUT2D eigenvalue weighted by Crippen LogP contribution is -2.13. The first-order valence-electron chi connectivity index (χ1n) is 5.62. The third kappa shape index (κ3) is 3.53. The fourth-order valence-electron chi connectivity index (χ4n) is 1.78. The molecule has 0 aliphatic heterocycles. The summed E-state index contributed by atoms with van der Waals surface area (Å²) in [6.45, 7) is 0. The van der Waals surface area contributed by atoms with Crippen LogP contribution in [-0.2, 0) is 6.42 Å². The standard InChI is InChI=1S/C14H11BrClF2N/c15-10-5-8(1-3-12(10)17)6-14(19)9-2-4-13(18)11(16)7-9/h1-5,7,14H,6,19H2.